The third kappa shape index (κ3) is 4.35. The predicted molar refractivity (Wildman–Crippen MR) is 196 cm³/mol. The van der Waals surface area contributed by atoms with Crippen molar-refractivity contribution in [3.8, 4) is 22.3 Å². The lowest BCUT2D eigenvalue weighted by Crippen LogP contribution is -2.23. The van der Waals surface area contributed by atoms with Crippen molar-refractivity contribution in [2.24, 2.45) is 0 Å². The molecule has 0 fully saturated rings. The molecular formula is C43H37NS. The van der Waals surface area contributed by atoms with Crippen LogP contribution in [0.25, 0.3) is 42.4 Å². The van der Waals surface area contributed by atoms with Crippen LogP contribution < -0.4 is 4.90 Å². The third-order valence-electron chi connectivity index (χ3n) is 9.58. The highest BCUT2D eigenvalue weighted by molar-refractivity contribution is 7.26. The Morgan fingerprint density at radius 3 is 2.04 bits per heavy atom. The van der Waals surface area contributed by atoms with Gasteiger partial charge in [0.2, 0.25) is 0 Å². The van der Waals surface area contributed by atoms with Gasteiger partial charge >= 0.3 is 0 Å². The normalized spacial score (nSPS) is 13.6. The molecule has 1 aromatic heterocycles. The Hall–Kier alpha value is -4.66. The summed E-state index contributed by atoms with van der Waals surface area (Å²) in [6.07, 6.45) is 0. The van der Waals surface area contributed by atoms with Gasteiger partial charge in [0, 0.05) is 26.6 Å². The van der Waals surface area contributed by atoms with Crippen molar-refractivity contribution >= 4 is 48.6 Å². The van der Waals surface area contributed by atoms with Crippen LogP contribution in [0.5, 0.6) is 0 Å². The first-order valence-electron chi connectivity index (χ1n) is 15.9. The Morgan fingerprint density at radius 2 is 1.22 bits per heavy atom. The van der Waals surface area contributed by atoms with E-state index < -0.39 is 0 Å². The number of hydrogen-bond donors (Lipinski definition) is 0. The quantitative estimate of drug-likeness (QED) is 0.194. The van der Waals surface area contributed by atoms with Crippen LogP contribution in [0.3, 0.4) is 0 Å². The van der Waals surface area contributed by atoms with Gasteiger partial charge in [0.25, 0.3) is 0 Å². The summed E-state index contributed by atoms with van der Waals surface area (Å²) in [7, 11) is 0. The fourth-order valence-electron chi connectivity index (χ4n) is 7.45. The second kappa shape index (κ2) is 10.2. The highest BCUT2D eigenvalue weighted by Gasteiger charge is 2.39. The molecule has 0 unspecified atom stereocenters. The molecule has 45 heavy (non-hydrogen) atoms. The highest BCUT2D eigenvalue weighted by Crippen LogP contribution is 2.56. The Labute approximate surface area is 270 Å². The fraction of sp³-hybridized carbons (Fsp3) is 0.163. The van der Waals surface area contributed by atoms with Gasteiger partial charge in [0.15, 0.2) is 0 Å². The summed E-state index contributed by atoms with van der Waals surface area (Å²) in [5, 5.41) is 2.63. The van der Waals surface area contributed by atoms with Crippen LogP contribution in [0, 0.1) is 0 Å². The molecular weight excluding hydrogens is 563 g/mol. The molecule has 0 N–H and O–H groups in total. The molecule has 1 aliphatic carbocycles. The molecule has 220 valence electrons. The standard InChI is InChI=1S/C43H37NS/c1-42(2,3)35-27-29(28-15-7-6-8-16-28)25-26-36(35)44(38-23-14-20-33-31-18-10-12-24-39(31)45-41(33)38)37-22-13-19-32-30-17-9-11-21-34(30)43(4,5)40(32)37/h6-27H,1-5H3. The van der Waals surface area contributed by atoms with Crippen molar-refractivity contribution in [2.75, 3.05) is 4.90 Å². The van der Waals surface area contributed by atoms with Crippen LogP contribution >= 0.6 is 11.3 Å². The summed E-state index contributed by atoms with van der Waals surface area (Å²) < 4.78 is 2.64. The molecule has 1 heterocycles. The van der Waals surface area contributed by atoms with Crippen molar-refractivity contribution < 1.29 is 0 Å². The van der Waals surface area contributed by atoms with Crippen molar-refractivity contribution in [3.05, 3.63) is 150 Å². The Bertz CT molecular complexity index is 2230. The predicted octanol–water partition coefficient (Wildman–Crippen LogP) is 12.8. The maximum atomic E-state index is 2.58. The highest BCUT2D eigenvalue weighted by atomic mass is 32.1. The second-order valence-corrected chi connectivity index (χ2v) is 14.9. The average molecular weight is 600 g/mol. The summed E-state index contributed by atoms with van der Waals surface area (Å²) in [4.78, 5) is 2.58. The lowest BCUT2D eigenvalue weighted by molar-refractivity contribution is 0.591. The molecule has 1 aliphatic rings. The van der Waals surface area contributed by atoms with Crippen molar-refractivity contribution in [1.82, 2.24) is 0 Å². The van der Waals surface area contributed by atoms with Crippen LogP contribution in [0.15, 0.2) is 133 Å². The molecule has 6 aromatic carbocycles. The minimum absolute atomic E-state index is 0.0944. The summed E-state index contributed by atoms with van der Waals surface area (Å²) in [5.74, 6) is 0. The van der Waals surface area contributed by atoms with Crippen LogP contribution in [0.4, 0.5) is 17.1 Å². The second-order valence-electron chi connectivity index (χ2n) is 13.8. The summed E-state index contributed by atoms with van der Waals surface area (Å²) in [6.45, 7) is 11.8. The van der Waals surface area contributed by atoms with Gasteiger partial charge < -0.3 is 4.90 Å². The first-order valence-corrected chi connectivity index (χ1v) is 16.7. The smallest absolute Gasteiger partial charge is 0.0640 e. The van der Waals surface area contributed by atoms with Crippen molar-refractivity contribution in [2.45, 2.75) is 45.4 Å². The molecule has 0 aliphatic heterocycles. The van der Waals surface area contributed by atoms with Gasteiger partial charge in [-0.3, -0.25) is 0 Å². The fourth-order valence-corrected chi connectivity index (χ4v) is 8.65. The third-order valence-corrected chi connectivity index (χ3v) is 10.8. The van der Waals surface area contributed by atoms with Gasteiger partial charge in [-0.25, -0.2) is 0 Å². The molecule has 0 atom stereocenters. The van der Waals surface area contributed by atoms with E-state index in [4.69, 9.17) is 0 Å². The molecule has 0 spiro atoms. The van der Waals surface area contributed by atoms with Gasteiger partial charge in [-0.05, 0) is 74.7 Å². The number of nitrogens with zero attached hydrogens (tertiary/aromatic N) is 1. The van der Waals surface area contributed by atoms with Crippen molar-refractivity contribution in [3.63, 3.8) is 0 Å². The van der Waals surface area contributed by atoms with Gasteiger partial charge in [0.05, 0.1) is 16.1 Å². The Morgan fingerprint density at radius 1 is 0.556 bits per heavy atom. The largest absolute Gasteiger partial charge is 0.308 e. The number of hydrogen-bond acceptors (Lipinski definition) is 2. The zero-order valence-electron chi connectivity index (χ0n) is 26.6. The summed E-state index contributed by atoms with van der Waals surface area (Å²) >= 11 is 1.90. The number of rotatable bonds is 4. The molecule has 0 radical (unpaired) electrons. The summed E-state index contributed by atoms with van der Waals surface area (Å²) in [6, 6.07) is 49.4. The zero-order chi connectivity index (χ0) is 30.9. The van der Waals surface area contributed by atoms with E-state index in [1.807, 2.05) is 11.3 Å². The minimum atomic E-state index is -0.152. The number of anilines is 3. The van der Waals surface area contributed by atoms with Crippen LogP contribution in [0.2, 0.25) is 0 Å². The monoisotopic (exact) mass is 599 g/mol. The van der Waals surface area contributed by atoms with Crippen molar-refractivity contribution in [1.29, 1.82) is 0 Å². The minimum Gasteiger partial charge on any atom is -0.308 e. The number of benzene rings is 6. The SMILES string of the molecule is CC(C)(C)c1cc(-c2ccccc2)ccc1N(c1cccc2c1C(C)(C)c1ccccc1-2)c1cccc2c1sc1ccccc12. The average Bonchev–Trinajstić information content (AvgIpc) is 3.55. The van der Waals surface area contributed by atoms with Gasteiger partial charge in [-0.2, -0.15) is 0 Å². The number of fused-ring (bicyclic) bond motifs is 6. The first-order chi connectivity index (χ1) is 21.7. The van der Waals surface area contributed by atoms with E-state index in [0.717, 1.165) is 0 Å². The van der Waals surface area contributed by atoms with E-state index in [1.165, 1.54) is 76.2 Å². The molecule has 0 bridgehead atoms. The molecule has 0 saturated carbocycles. The topological polar surface area (TPSA) is 3.24 Å². The Kier molecular flexibility index (Phi) is 6.31. The van der Waals surface area contributed by atoms with Crippen LogP contribution in [0.1, 0.15) is 51.3 Å². The van der Waals surface area contributed by atoms with Gasteiger partial charge in [-0.1, -0.05) is 138 Å². The zero-order valence-corrected chi connectivity index (χ0v) is 27.4. The Balaban J connectivity index is 1.47. The van der Waals surface area contributed by atoms with E-state index in [-0.39, 0.29) is 10.8 Å². The first kappa shape index (κ1) is 27.9. The van der Waals surface area contributed by atoms with E-state index >= 15 is 0 Å². The lowest BCUT2D eigenvalue weighted by Gasteiger charge is -2.36. The van der Waals surface area contributed by atoms with E-state index in [2.05, 4.69) is 173 Å². The molecule has 7 aromatic rings. The van der Waals surface area contributed by atoms with E-state index in [9.17, 15) is 0 Å². The summed E-state index contributed by atoms with van der Waals surface area (Å²) in [5.41, 5.74) is 12.7. The molecule has 2 heteroatoms. The molecule has 0 saturated heterocycles. The van der Waals surface area contributed by atoms with Crippen LogP contribution in [-0.2, 0) is 10.8 Å². The molecule has 1 nitrogen and oxygen atoms in total. The van der Waals surface area contributed by atoms with E-state index in [0.29, 0.717) is 0 Å². The van der Waals surface area contributed by atoms with Gasteiger partial charge in [0.1, 0.15) is 0 Å². The number of thiophene rings is 1. The molecule has 0 amide bonds. The lowest BCUT2D eigenvalue weighted by atomic mass is 9.80. The van der Waals surface area contributed by atoms with Crippen LogP contribution in [-0.4, -0.2) is 0 Å². The maximum absolute atomic E-state index is 2.58. The maximum Gasteiger partial charge on any atom is 0.0640 e. The van der Waals surface area contributed by atoms with E-state index in [1.54, 1.807) is 0 Å². The molecule has 8 rings (SSSR count). The van der Waals surface area contributed by atoms with Gasteiger partial charge in [-0.15, -0.1) is 11.3 Å².